The van der Waals surface area contributed by atoms with Crippen molar-refractivity contribution < 1.29 is 0 Å². The second-order valence-electron chi connectivity index (χ2n) is 6.47. The zero-order valence-electron chi connectivity index (χ0n) is 10.6. The van der Waals surface area contributed by atoms with E-state index in [2.05, 4.69) is 25.7 Å². The van der Waals surface area contributed by atoms with E-state index in [1.165, 1.54) is 38.8 Å². The lowest BCUT2D eigenvalue weighted by atomic mass is 9.68. The third-order valence-electron chi connectivity index (χ3n) is 4.64. The molecule has 0 aromatic heterocycles. The van der Waals surface area contributed by atoms with Gasteiger partial charge in [-0.15, -0.1) is 0 Å². The lowest BCUT2D eigenvalue weighted by Crippen LogP contribution is -2.68. The largest absolute Gasteiger partial charge is 0.329 e. The Morgan fingerprint density at radius 3 is 2.40 bits per heavy atom. The SMILES string of the molecule is CC1CCCCC1(CN)N1CC(C)(C)C1. The van der Waals surface area contributed by atoms with Crippen LogP contribution in [-0.2, 0) is 0 Å². The van der Waals surface area contributed by atoms with Crippen molar-refractivity contribution in [1.82, 2.24) is 4.90 Å². The molecule has 1 heterocycles. The van der Waals surface area contributed by atoms with Crippen molar-refractivity contribution in [3.8, 4) is 0 Å². The Bertz CT molecular complexity index is 229. The summed E-state index contributed by atoms with van der Waals surface area (Å²) in [6.07, 6.45) is 5.47. The number of nitrogens with two attached hydrogens (primary N) is 1. The van der Waals surface area contributed by atoms with Crippen LogP contribution in [0.15, 0.2) is 0 Å². The molecule has 0 aromatic carbocycles. The van der Waals surface area contributed by atoms with Gasteiger partial charge in [0, 0.05) is 25.2 Å². The standard InChI is InChI=1S/C13H26N2/c1-11-6-4-5-7-13(11,8-14)15-9-12(2,3)10-15/h11H,4-10,14H2,1-3H3. The van der Waals surface area contributed by atoms with Crippen LogP contribution in [-0.4, -0.2) is 30.1 Å². The van der Waals surface area contributed by atoms with E-state index in [4.69, 9.17) is 5.73 Å². The maximum atomic E-state index is 6.09. The molecule has 0 amide bonds. The second-order valence-corrected chi connectivity index (χ2v) is 6.47. The van der Waals surface area contributed by atoms with Crippen molar-refractivity contribution in [3.63, 3.8) is 0 Å². The highest BCUT2D eigenvalue weighted by Gasteiger charge is 2.49. The minimum Gasteiger partial charge on any atom is -0.329 e. The highest BCUT2D eigenvalue weighted by Crippen LogP contribution is 2.44. The van der Waals surface area contributed by atoms with E-state index in [0.717, 1.165) is 12.5 Å². The molecule has 0 bridgehead atoms. The highest BCUT2D eigenvalue weighted by molar-refractivity contribution is 5.05. The van der Waals surface area contributed by atoms with Crippen molar-refractivity contribution in [2.75, 3.05) is 19.6 Å². The molecule has 1 saturated carbocycles. The number of hydrogen-bond donors (Lipinski definition) is 1. The van der Waals surface area contributed by atoms with E-state index in [-0.39, 0.29) is 0 Å². The van der Waals surface area contributed by atoms with Gasteiger partial charge in [-0.1, -0.05) is 33.6 Å². The second kappa shape index (κ2) is 3.74. The van der Waals surface area contributed by atoms with Gasteiger partial charge in [-0.3, -0.25) is 4.90 Å². The van der Waals surface area contributed by atoms with Crippen molar-refractivity contribution in [2.45, 2.75) is 52.0 Å². The van der Waals surface area contributed by atoms with Crippen molar-refractivity contribution >= 4 is 0 Å². The molecule has 2 N–H and O–H groups in total. The van der Waals surface area contributed by atoms with E-state index < -0.39 is 0 Å². The smallest absolute Gasteiger partial charge is 0.0357 e. The average molecular weight is 210 g/mol. The summed E-state index contributed by atoms with van der Waals surface area (Å²) in [5.74, 6) is 0.785. The summed E-state index contributed by atoms with van der Waals surface area (Å²) in [4.78, 5) is 2.66. The maximum absolute atomic E-state index is 6.09. The summed E-state index contributed by atoms with van der Waals surface area (Å²) >= 11 is 0. The monoisotopic (exact) mass is 210 g/mol. The maximum Gasteiger partial charge on any atom is 0.0357 e. The normalized spacial score (nSPS) is 41.2. The summed E-state index contributed by atoms with van der Waals surface area (Å²) in [5.41, 5.74) is 6.95. The first kappa shape index (κ1) is 11.4. The predicted octanol–water partition coefficient (Wildman–Crippen LogP) is 2.24. The van der Waals surface area contributed by atoms with E-state index >= 15 is 0 Å². The molecule has 0 aromatic rings. The third-order valence-corrected chi connectivity index (χ3v) is 4.64. The summed E-state index contributed by atoms with van der Waals surface area (Å²) in [5, 5.41) is 0. The van der Waals surface area contributed by atoms with Gasteiger partial charge in [-0.05, 0) is 24.2 Å². The summed E-state index contributed by atoms with van der Waals surface area (Å²) in [6.45, 7) is 10.5. The van der Waals surface area contributed by atoms with Gasteiger partial charge in [-0.2, -0.15) is 0 Å². The molecule has 1 saturated heterocycles. The third kappa shape index (κ3) is 1.83. The number of hydrogen-bond acceptors (Lipinski definition) is 2. The van der Waals surface area contributed by atoms with Gasteiger partial charge in [0.1, 0.15) is 0 Å². The Morgan fingerprint density at radius 2 is 1.93 bits per heavy atom. The molecular weight excluding hydrogens is 184 g/mol. The summed E-state index contributed by atoms with van der Waals surface area (Å²) in [6, 6.07) is 0. The van der Waals surface area contributed by atoms with E-state index in [0.29, 0.717) is 11.0 Å². The fourth-order valence-electron chi connectivity index (χ4n) is 3.60. The number of likely N-dealkylation sites (tertiary alicyclic amines) is 1. The molecule has 2 aliphatic rings. The Hall–Kier alpha value is -0.0800. The van der Waals surface area contributed by atoms with E-state index in [9.17, 15) is 0 Å². The first-order valence-electron chi connectivity index (χ1n) is 6.45. The van der Waals surface area contributed by atoms with Crippen LogP contribution in [0.25, 0.3) is 0 Å². The Kier molecular flexibility index (Phi) is 2.85. The molecule has 0 spiro atoms. The quantitative estimate of drug-likeness (QED) is 0.757. The van der Waals surface area contributed by atoms with Crippen LogP contribution in [0.2, 0.25) is 0 Å². The van der Waals surface area contributed by atoms with Gasteiger partial charge in [0.05, 0.1) is 0 Å². The molecular formula is C13H26N2. The molecule has 2 rings (SSSR count). The minimum atomic E-state index is 0.341. The van der Waals surface area contributed by atoms with Crippen LogP contribution < -0.4 is 5.73 Å². The molecule has 15 heavy (non-hydrogen) atoms. The van der Waals surface area contributed by atoms with Crippen molar-refractivity contribution in [2.24, 2.45) is 17.1 Å². The number of nitrogens with zero attached hydrogens (tertiary/aromatic N) is 1. The minimum absolute atomic E-state index is 0.341. The lowest BCUT2D eigenvalue weighted by Gasteiger charge is -2.59. The highest BCUT2D eigenvalue weighted by atomic mass is 15.3. The van der Waals surface area contributed by atoms with Gasteiger partial charge in [0.25, 0.3) is 0 Å². The van der Waals surface area contributed by atoms with Gasteiger partial charge in [-0.25, -0.2) is 0 Å². The van der Waals surface area contributed by atoms with E-state index in [1.807, 2.05) is 0 Å². The molecule has 1 aliphatic heterocycles. The lowest BCUT2D eigenvalue weighted by molar-refractivity contribution is -0.0947. The van der Waals surface area contributed by atoms with Gasteiger partial charge < -0.3 is 5.73 Å². The van der Waals surface area contributed by atoms with Crippen molar-refractivity contribution in [1.29, 1.82) is 0 Å². The zero-order valence-corrected chi connectivity index (χ0v) is 10.6. The summed E-state index contributed by atoms with van der Waals surface area (Å²) < 4.78 is 0. The van der Waals surface area contributed by atoms with Crippen LogP contribution in [0, 0.1) is 11.3 Å². The van der Waals surface area contributed by atoms with Crippen LogP contribution >= 0.6 is 0 Å². The molecule has 2 atom stereocenters. The first-order chi connectivity index (χ1) is 7.00. The van der Waals surface area contributed by atoms with Crippen molar-refractivity contribution in [3.05, 3.63) is 0 Å². The fraction of sp³-hybridized carbons (Fsp3) is 1.00. The topological polar surface area (TPSA) is 29.3 Å². The van der Waals surface area contributed by atoms with Gasteiger partial charge in [0.15, 0.2) is 0 Å². The Balaban J connectivity index is 2.08. The Morgan fingerprint density at radius 1 is 1.27 bits per heavy atom. The molecule has 1 aliphatic carbocycles. The fourth-order valence-corrected chi connectivity index (χ4v) is 3.60. The van der Waals surface area contributed by atoms with E-state index in [1.54, 1.807) is 0 Å². The van der Waals surface area contributed by atoms with Gasteiger partial charge >= 0.3 is 0 Å². The number of rotatable bonds is 2. The molecule has 2 unspecified atom stereocenters. The molecule has 0 radical (unpaired) electrons. The molecule has 2 fully saturated rings. The molecule has 88 valence electrons. The van der Waals surface area contributed by atoms with Crippen LogP contribution in [0.3, 0.4) is 0 Å². The predicted molar refractivity (Wildman–Crippen MR) is 64.8 cm³/mol. The first-order valence-corrected chi connectivity index (χ1v) is 6.45. The van der Waals surface area contributed by atoms with Crippen LogP contribution in [0.4, 0.5) is 0 Å². The molecule has 2 heteroatoms. The Labute approximate surface area is 94.2 Å². The van der Waals surface area contributed by atoms with Gasteiger partial charge in [0.2, 0.25) is 0 Å². The summed E-state index contributed by atoms with van der Waals surface area (Å²) in [7, 11) is 0. The van der Waals surface area contributed by atoms with Crippen LogP contribution in [0.5, 0.6) is 0 Å². The van der Waals surface area contributed by atoms with Crippen LogP contribution in [0.1, 0.15) is 46.5 Å². The zero-order chi connectivity index (χ0) is 11.1. The molecule has 2 nitrogen and oxygen atoms in total. The average Bonchev–Trinajstić information content (AvgIpc) is 2.15.